The van der Waals surface area contributed by atoms with Crippen LogP contribution in [0.2, 0.25) is 0 Å². The van der Waals surface area contributed by atoms with Gasteiger partial charge in [-0.05, 0) is 0 Å². The van der Waals surface area contributed by atoms with Crippen LogP contribution in [0.5, 0.6) is 0 Å². The van der Waals surface area contributed by atoms with Crippen molar-refractivity contribution >= 4 is 16.3 Å². The van der Waals surface area contributed by atoms with Gasteiger partial charge in [0.15, 0.2) is 0 Å². The second-order valence-corrected chi connectivity index (χ2v) is 2.63. The minimum atomic E-state index is -3.82. The van der Waals surface area contributed by atoms with Gasteiger partial charge in [0.2, 0.25) is 0 Å². The Balaban J connectivity index is -0.000000245. The first-order chi connectivity index (χ1) is 3.42. The van der Waals surface area contributed by atoms with Gasteiger partial charge in [0.05, 0.1) is 6.26 Å². The molecule has 0 heterocycles. The van der Waals surface area contributed by atoms with Crippen molar-refractivity contribution in [3.8, 4) is 0 Å². The summed E-state index contributed by atoms with van der Waals surface area (Å²) in [6.07, 6.45) is -1.16. The molecule has 0 spiro atoms. The van der Waals surface area contributed by atoms with E-state index in [0.717, 1.165) is 0 Å². The van der Waals surface area contributed by atoms with Gasteiger partial charge in [-0.1, -0.05) is 0 Å². The molecule has 7 heteroatoms. The van der Waals surface area contributed by atoms with E-state index in [-0.39, 0.29) is 31.0 Å². The average Bonchev–Trinajstić information content (AvgIpc) is 1.21. The van der Waals surface area contributed by atoms with Crippen molar-refractivity contribution < 1.29 is 53.5 Å². The van der Waals surface area contributed by atoms with Crippen LogP contribution in [-0.4, -0.2) is 25.9 Å². The molecule has 9 heavy (non-hydrogen) atoms. The molecule has 0 aliphatic carbocycles. The minimum Gasteiger partial charge on any atom is -1.00 e. The van der Waals surface area contributed by atoms with E-state index in [2.05, 4.69) is 4.18 Å². The van der Waals surface area contributed by atoms with E-state index in [4.69, 9.17) is 5.11 Å². The first-order valence-electron chi connectivity index (χ1n) is 1.54. The second-order valence-electron chi connectivity index (χ2n) is 1.05. The molecular weight excluding hydrogens is 159 g/mol. The van der Waals surface area contributed by atoms with Gasteiger partial charge >= 0.3 is 45.8 Å². The summed E-state index contributed by atoms with van der Waals surface area (Å²) in [6, 6.07) is 0. The van der Waals surface area contributed by atoms with Gasteiger partial charge in [-0.3, -0.25) is 0 Å². The average molecular weight is 164 g/mol. The quantitative estimate of drug-likeness (QED) is 0.325. The molecule has 0 atom stereocenters. The maximum Gasteiger partial charge on any atom is 1.00 e. The van der Waals surface area contributed by atoms with Gasteiger partial charge in [0, 0.05) is 0 Å². The van der Waals surface area contributed by atoms with Gasteiger partial charge in [-0.15, -0.1) is 0 Å². The summed E-state index contributed by atoms with van der Waals surface area (Å²) in [5, 5.41) is 7.65. The van der Waals surface area contributed by atoms with Gasteiger partial charge in [-0.2, -0.15) is 8.42 Å². The molecule has 0 aromatic rings. The summed E-state index contributed by atoms with van der Waals surface area (Å²) in [7, 11) is -3.82. The topological polar surface area (TPSA) is 80.7 Å². The molecule has 50 valence electrons. The Hall–Kier alpha value is 0.220. The monoisotopic (exact) mass is 164 g/mol. The van der Waals surface area contributed by atoms with Crippen LogP contribution in [0.3, 0.4) is 0 Å². The SMILES string of the molecule is CS(=O)(=O)OC(=O)O.[H-].[Na+]. The number of carboxylic acid groups (broad SMARTS) is 1. The molecule has 0 saturated heterocycles. The van der Waals surface area contributed by atoms with Crippen molar-refractivity contribution in [3.63, 3.8) is 0 Å². The van der Waals surface area contributed by atoms with Crippen LogP contribution in [0.15, 0.2) is 0 Å². The van der Waals surface area contributed by atoms with E-state index in [1.807, 2.05) is 0 Å². The Morgan fingerprint density at radius 1 is 1.67 bits per heavy atom. The van der Waals surface area contributed by atoms with Crippen molar-refractivity contribution in [1.82, 2.24) is 0 Å². The molecule has 0 saturated carbocycles. The first kappa shape index (κ1) is 12.0. The molecule has 0 aliphatic rings. The number of rotatable bonds is 1. The molecule has 0 aromatic heterocycles. The molecule has 0 aromatic carbocycles. The van der Waals surface area contributed by atoms with Crippen LogP contribution in [0.4, 0.5) is 4.79 Å². The third kappa shape index (κ3) is 11.7. The third-order valence-electron chi connectivity index (χ3n) is 0.223. The summed E-state index contributed by atoms with van der Waals surface area (Å²) in [5.41, 5.74) is 0. The van der Waals surface area contributed by atoms with E-state index >= 15 is 0 Å². The van der Waals surface area contributed by atoms with E-state index in [0.29, 0.717) is 6.26 Å². The van der Waals surface area contributed by atoms with Crippen LogP contribution < -0.4 is 29.6 Å². The van der Waals surface area contributed by atoms with E-state index < -0.39 is 16.3 Å². The molecule has 0 radical (unpaired) electrons. The van der Waals surface area contributed by atoms with Crippen molar-refractivity contribution in [2.45, 2.75) is 0 Å². The largest absolute Gasteiger partial charge is 1.00 e. The number of hydrogen-bond acceptors (Lipinski definition) is 4. The van der Waals surface area contributed by atoms with Crippen molar-refractivity contribution in [1.29, 1.82) is 0 Å². The maximum atomic E-state index is 9.84. The summed E-state index contributed by atoms with van der Waals surface area (Å²) < 4.78 is 23.0. The fourth-order valence-electron chi connectivity index (χ4n) is 0.129. The van der Waals surface area contributed by atoms with Crippen molar-refractivity contribution in [2.75, 3.05) is 6.26 Å². The Morgan fingerprint density at radius 3 is 2.00 bits per heavy atom. The predicted octanol–water partition coefficient (Wildman–Crippen LogP) is -3.24. The summed E-state index contributed by atoms with van der Waals surface area (Å²) in [6.45, 7) is 0. The fourth-order valence-corrected chi connectivity index (χ4v) is 0.388. The van der Waals surface area contributed by atoms with Gasteiger partial charge in [0.25, 0.3) is 0 Å². The second kappa shape index (κ2) is 4.10. The smallest absolute Gasteiger partial charge is 1.00 e. The Kier molecular flexibility index (Phi) is 5.45. The summed E-state index contributed by atoms with van der Waals surface area (Å²) in [4.78, 5) is 9.41. The maximum absolute atomic E-state index is 9.84. The number of hydrogen-bond donors (Lipinski definition) is 1. The zero-order valence-electron chi connectivity index (χ0n) is 5.99. The molecule has 0 unspecified atom stereocenters. The molecular formula is C2H5NaO5S. The van der Waals surface area contributed by atoms with Crippen LogP contribution in [-0.2, 0) is 14.3 Å². The van der Waals surface area contributed by atoms with Gasteiger partial charge in [0.1, 0.15) is 0 Å². The van der Waals surface area contributed by atoms with Crippen LogP contribution in [0.1, 0.15) is 1.43 Å². The van der Waals surface area contributed by atoms with Gasteiger partial charge < -0.3 is 10.7 Å². The molecule has 0 amide bonds. The summed E-state index contributed by atoms with van der Waals surface area (Å²) >= 11 is 0. The molecule has 1 N–H and O–H groups in total. The van der Waals surface area contributed by atoms with Crippen LogP contribution >= 0.6 is 0 Å². The third-order valence-corrected chi connectivity index (χ3v) is 0.668. The molecule has 0 bridgehead atoms. The minimum absolute atomic E-state index is 0. The van der Waals surface area contributed by atoms with E-state index in [1.54, 1.807) is 0 Å². The Labute approximate surface area is 75.9 Å². The van der Waals surface area contributed by atoms with E-state index in [1.165, 1.54) is 0 Å². The fraction of sp³-hybridized carbons (Fsp3) is 0.500. The standard InChI is InChI=1S/C2H4O5S.Na.H/c1-8(5,6)7-2(3)4;;/h1H3,(H,3,4);;/q;+1;-1. The normalized spacial score (nSPS) is 9.44. The number of carbonyl (C=O) groups is 1. The molecule has 0 fully saturated rings. The Morgan fingerprint density at radius 2 is 2.00 bits per heavy atom. The molecule has 5 nitrogen and oxygen atoms in total. The van der Waals surface area contributed by atoms with Crippen LogP contribution in [0, 0.1) is 0 Å². The Bertz CT molecular complexity index is 186. The first-order valence-corrected chi connectivity index (χ1v) is 3.36. The molecule has 0 aliphatic heterocycles. The van der Waals surface area contributed by atoms with Crippen molar-refractivity contribution in [3.05, 3.63) is 0 Å². The van der Waals surface area contributed by atoms with E-state index in [9.17, 15) is 13.2 Å². The van der Waals surface area contributed by atoms with Crippen LogP contribution in [0.25, 0.3) is 0 Å². The summed E-state index contributed by atoms with van der Waals surface area (Å²) in [5.74, 6) is 0. The van der Waals surface area contributed by atoms with Crippen molar-refractivity contribution in [2.24, 2.45) is 0 Å². The molecule has 0 rings (SSSR count). The zero-order valence-corrected chi connectivity index (χ0v) is 7.80. The zero-order chi connectivity index (χ0) is 6.78. The van der Waals surface area contributed by atoms with Gasteiger partial charge in [-0.25, -0.2) is 4.79 Å². The predicted molar refractivity (Wildman–Crippen MR) is 25.1 cm³/mol.